The van der Waals surface area contributed by atoms with Gasteiger partial charge in [0.2, 0.25) is 5.91 Å². The Morgan fingerprint density at radius 1 is 1.36 bits per heavy atom. The molecule has 1 unspecified atom stereocenters. The zero-order chi connectivity index (χ0) is 17.9. The Morgan fingerprint density at radius 3 is 2.84 bits per heavy atom. The number of hydrogen-bond acceptors (Lipinski definition) is 4. The monoisotopic (exact) mass is 346 g/mol. The maximum Gasteiger partial charge on any atom is 0.227 e. The molecule has 138 valence electrons. The van der Waals surface area contributed by atoms with Crippen molar-refractivity contribution in [3.63, 3.8) is 0 Å². The molecule has 1 aromatic carbocycles. The highest BCUT2D eigenvalue weighted by atomic mass is 16.5. The van der Waals surface area contributed by atoms with Crippen molar-refractivity contribution in [2.75, 3.05) is 19.6 Å². The Morgan fingerprint density at radius 2 is 2.12 bits per heavy atom. The molecule has 2 fully saturated rings. The minimum atomic E-state index is -0.704. The van der Waals surface area contributed by atoms with Gasteiger partial charge in [0.1, 0.15) is 5.75 Å². The number of fused-ring (bicyclic) bond motifs is 1. The number of benzene rings is 1. The summed E-state index contributed by atoms with van der Waals surface area (Å²) in [5.41, 5.74) is 0.520. The number of aliphatic hydroxyl groups excluding tert-OH is 1. The Hall–Kier alpha value is -1.59. The molecule has 5 nitrogen and oxygen atoms in total. The first-order chi connectivity index (χ1) is 12.0. The third kappa shape index (κ3) is 3.98. The third-order valence-corrected chi connectivity index (χ3v) is 5.58. The SMILES string of the molecule is CC(C)Oc1ccc(C(O)CNC(=O)[C@@]23CCCC[C@H]2CNC3)cc1. The first-order valence-corrected chi connectivity index (χ1v) is 9.45. The van der Waals surface area contributed by atoms with Crippen molar-refractivity contribution in [3.05, 3.63) is 29.8 Å². The standard InChI is InChI=1S/C20H30N2O3/c1-14(2)25-17-8-6-15(7-9-17)18(23)12-22-19(24)20-10-4-3-5-16(20)11-21-13-20/h6-9,14,16,18,21,23H,3-5,10-13H2,1-2H3,(H,22,24)/t16-,18?,20+/m0/s1. The highest BCUT2D eigenvalue weighted by Gasteiger charge is 2.49. The molecule has 0 spiro atoms. The van der Waals surface area contributed by atoms with Crippen molar-refractivity contribution in [3.8, 4) is 5.75 Å². The molecule has 1 aliphatic heterocycles. The molecule has 25 heavy (non-hydrogen) atoms. The van der Waals surface area contributed by atoms with Crippen LogP contribution >= 0.6 is 0 Å². The summed E-state index contributed by atoms with van der Waals surface area (Å²) in [7, 11) is 0. The molecule has 3 atom stereocenters. The van der Waals surface area contributed by atoms with Gasteiger partial charge in [0.15, 0.2) is 0 Å². The fraction of sp³-hybridized carbons (Fsp3) is 0.650. The van der Waals surface area contributed by atoms with Crippen LogP contribution in [0.5, 0.6) is 5.75 Å². The van der Waals surface area contributed by atoms with Crippen LogP contribution in [0.3, 0.4) is 0 Å². The minimum Gasteiger partial charge on any atom is -0.491 e. The predicted molar refractivity (Wildman–Crippen MR) is 97.4 cm³/mol. The quantitative estimate of drug-likeness (QED) is 0.740. The zero-order valence-corrected chi connectivity index (χ0v) is 15.3. The van der Waals surface area contributed by atoms with Crippen LogP contribution in [0.25, 0.3) is 0 Å². The van der Waals surface area contributed by atoms with Gasteiger partial charge in [-0.05, 0) is 56.8 Å². The van der Waals surface area contributed by atoms with E-state index in [0.717, 1.165) is 43.7 Å². The van der Waals surface area contributed by atoms with Gasteiger partial charge in [0, 0.05) is 13.1 Å². The number of carbonyl (C=O) groups excluding carboxylic acids is 1. The molecule has 3 rings (SSSR count). The predicted octanol–water partition coefficient (Wildman–Crippen LogP) is 2.40. The van der Waals surface area contributed by atoms with Crippen molar-refractivity contribution in [1.29, 1.82) is 0 Å². The van der Waals surface area contributed by atoms with Crippen molar-refractivity contribution in [2.24, 2.45) is 11.3 Å². The highest BCUT2D eigenvalue weighted by Crippen LogP contribution is 2.43. The van der Waals surface area contributed by atoms with Crippen LogP contribution in [-0.4, -0.2) is 36.8 Å². The Bertz CT molecular complexity index is 587. The smallest absolute Gasteiger partial charge is 0.227 e. The van der Waals surface area contributed by atoms with E-state index in [4.69, 9.17) is 4.74 Å². The molecule has 3 N–H and O–H groups in total. The van der Waals surface area contributed by atoms with Crippen molar-refractivity contribution < 1.29 is 14.6 Å². The van der Waals surface area contributed by atoms with Crippen LogP contribution in [0.4, 0.5) is 0 Å². The van der Waals surface area contributed by atoms with Crippen molar-refractivity contribution in [1.82, 2.24) is 10.6 Å². The van der Waals surface area contributed by atoms with Gasteiger partial charge in [-0.25, -0.2) is 0 Å². The Labute approximate surface area is 150 Å². The fourth-order valence-electron chi connectivity index (χ4n) is 4.21. The summed E-state index contributed by atoms with van der Waals surface area (Å²) in [6, 6.07) is 7.43. The van der Waals surface area contributed by atoms with Gasteiger partial charge in [-0.15, -0.1) is 0 Å². The van der Waals surface area contributed by atoms with Gasteiger partial charge in [0.25, 0.3) is 0 Å². The normalized spacial score (nSPS) is 27.0. The largest absolute Gasteiger partial charge is 0.491 e. The van der Waals surface area contributed by atoms with Gasteiger partial charge < -0.3 is 20.5 Å². The van der Waals surface area contributed by atoms with Gasteiger partial charge >= 0.3 is 0 Å². The summed E-state index contributed by atoms with van der Waals surface area (Å²) < 4.78 is 5.61. The number of nitrogens with one attached hydrogen (secondary N) is 2. The average Bonchev–Trinajstić information content (AvgIpc) is 3.04. The number of ether oxygens (including phenoxy) is 1. The molecular formula is C20H30N2O3. The zero-order valence-electron chi connectivity index (χ0n) is 15.3. The lowest BCUT2D eigenvalue weighted by Crippen LogP contribution is -2.48. The number of aliphatic hydroxyl groups is 1. The van der Waals surface area contributed by atoms with Crippen LogP contribution in [0.2, 0.25) is 0 Å². The molecule has 1 amide bonds. The number of rotatable bonds is 6. The second-order valence-electron chi connectivity index (χ2n) is 7.69. The third-order valence-electron chi connectivity index (χ3n) is 5.58. The second-order valence-corrected chi connectivity index (χ2v) is 7.69. The molecule has 1 aromatic rings. The summed E-state index contributed by atoms with van der Waals surface area (Å²) in [5.74, 6) is 1.32. The molecule has 1 saturated heterocycles. The van der Waals surface area contributed by atoms with Crippen LogP contribution in [0.15, 0.2) is 24.3 Å². The van der Waals surface area contributed by atoms with Crippen molar-refractivity contribution in [2.45, 2.75) is 51.7 Å². The Balaban J connectivity index is 1.56. The van der Waals surface area contributed by atoms with Crippen LogP contribution in [0.1, 0.15) is 51.2 Å². The molecule has 0 bridgehead atoms. The number of amides is 1. The molecule has 5 heteroatoms. The van der Waals surface area contributed by atoms with Crippen LogP contribution in [0, 0.1) is 11.3 Å². The summed E-state index contributed by atoms with van der Waals surface area (Å²) >= 11 is 0. The summed E-state index contributed by atoms with van der Waals surface area (Å²) in [6.45, 7) is 5.91. The minimum absolute atomic E-state index is 0.0982. The highest BCUT2D eigenvalue weighted by molar-refractivity contribution is 5.84. The number of carbonyl (C=O) groups is 1. The summed E-state index contributed by atoms with van der Waals surface area (Å²) in [4.78, 5) is 12.8. The van der Waals surface area contributed by atoms with E-state index in [-0.39, 0.29) is 24.0 Å². The Kier molecular flexibility index (Phi) is 5.64. The van der Waals surface area contributed by atoms with E-state index in [2.05, 4.69) is 10.6 Å². The van der Waals surface area contributed by atoms with Crippen LogP contribution < -0.4 is 15.4 Å². The average molecular weight is 346 g/mol. The topological polar surface area (TPSA) is 70.6 Å². The van der Waals surface area contributed by atoms with Crippen LogP contribution in [-0.2, 0) is 4.79 Å². The van der Waals surface area contributed by atoms with Gasteiger partial charge in [-0.2, -0.15) is 0 Å². The molecule has 0 radical (unpaired) electrons. The van der Waals surface area contributed by atoms with Gasteiger partial charge in [-0.3, -0.25) is 4.79 Å². The second kappa shape index (κ2) is 7.75. The molecule has 1 heterocycles. The summed E-state index contributed by atoms with van der Waals surface area (Å²) in [6.07, 6.45) is 3.83. The maximum absolute atomic E-state index is 12.8. The molecular weight excluding hydrogens is 316 g/mol. The van der Waals surface area contributed by atoms with Crippen molar-refractivity contribution >= 4 is 5.91 Å². The fourth-order valence-corrected chi connectivity index (χ4v) is 4.21. The van der Waals surface area contributed by atoms with E-state index in [9.17, 15) is 9.90 Å². The first-order valence-electron chi connectivity index (χ1n) is 9.45. The van der Waals surface area contributed by atoms with E-state index in [1.165, 1.54) is 6.42 Å². The number of hydrogen-bond donors (Lipinski definition) is 3. The van der Waals surface area contributed by atoms with E-state index in [1.807, 2.05) is 38.1 Å². The van der Waals surface area contributed by atoms with E-state index in [1.54, 1.807) is 0 Å². The maximum atomic E-state index is 12.8. The first kappa shape index (κ1) is 18.2. The molecule has 1 aliphatic carbocycles. The molecule has 2 aliphatic rings. The van der Waals surface area contributed by atoms with E-state index >= 15 is 0 Å². The summed E-state index contributed by atoms with van der Waals surface area (Å²) in [5, 5.41) is 16.8. The van der Waals surface area contributed by atoms with E-state index < -0.39 is 6.10 Å². The van der Waals surface area contributed by atoms with Gasteiger partial charge in [-0.1, -0.05) is 25.0 Å². The van der Waals surface area contributed by atoms with E-state index in [0.29, 0.717) is 5.92 Å². The lowest BCUT2D eigenvalue weighted by Gasteiger charge is -2.37. The lowest BCUT2D eigenvalue weighted by molar-refractivity contribution is -0.134. The molecule has 1 saturated carbocycles. The lowest BCUT2D eigenvalue weighted by atomic mass is 9.67. The molecule has 0 aromatic heterocycles. The van der Waals surface area contributed by atoms with Gasteiger partial charge in [0.05, 0.1) is 17.6 Å².